The lowest BCUT2D eigenvalue weighted by molar-refractivity contribution is 0.626. The molecule has 2 heterocycles. The van der Waals surface area contributed by atoms with Gasteiger partial charge in [-0.15, -0.1) is 10.2 Å². The van der Waals surface area contributed by atoms with E-state index in [9.17, 15) is 13.6 Å². The molecule has 0 aliphatic carbocycles. The molecule has 5 nitrogen and oxygen atoms in total. The van der Waals surface area contributed by atoms with Crippen LogP contribution in [0.15, 0.2) is 77.6 Å². The number of hydrogen-bond acceptors (Lipinski definition) is 3. The highest BCUT2D eigenvalue weighted by molar-refractivity contribution is 5.82. The van der Waals surface area contributed by atoms with Gasteiger partial charge in [-0.05, 0) is 54.1 Å². The molecular weight excluding hydrogens is 374 g/mol. The van der Waals surface area contributed by atoms with Crippen molar-refractivity contribution in [2.45, 2.75) is 6.54 Å². The molecule has 0 N–H and O–H groups in total. The lowest BCUT2D eigenvalue weighted by Gasteiger charge is -2.11. The summed E-state index contributed by atoms with van der Waals surface area (Å²) in [4.78, 5) is 13.2. The number of hydrogen-bond donors (Lipinski definition) is 0. The van der Waals surface area contributed by atoms with E-state index in [0.717, 1.165) is 5.56 Å². The van der Waals surface area contributed by atoms with Crippen LogP contribution in [0, 0.1) is 11.6 Å². The third-order valence-electron chi connectivity index (χ3n) is 4.86. The summed E-state index contributed by atoms with van der Waals surface area (Å²) in [5, 5.41) is 9.03. The van der Waals surface area contributed by atoms with Crippen LogP contribution in [0.25, 0.3) is 28.1 Å². The Morgan fingerprint density at radius 1 is 0.793 bits per heavy atom. The second kappa shape index (κ2) is 6.63. The van der Waals surface area contributed by atoms with Crippen LogP contribution in [0.4, 0.5) is 8.78 Å². The number of para-hydroxylation sites is 1. The maximum Gasteiger partial charge on any atom is 0.263 e. The maximum absolute atomic E-state index is 13.4. The molecule has 2 aromatic heterocycles. The van der Waals surface area contributed by atoms with Crippen molar-refractivity contribution in [1.82, 2.24) is 19.2 Å². The molecule has 0 amide bonds. The molecule has 0 spiro atoms. The first-order chi connectivity index (χ1) is 14.1. The largest absolute Gasteiger partial charge is 0.272 e. The van der Waals surface area contributed by atoms with E-state index >= 15 is 0 Å². The third-order valence-corrected chi connectivity index (χ3v) is 4.86. The van der Waals surface area contributed by atoms with E-state index < -0.39 is 0 Å². The molecule has 29 heavy (non-hydrogen) atoms. The van der Waals surface area contributed by atoms with Crippen LogP contribution >= 0.6 is 0 Å². The first-order valence-electron chi connectivity index (χ1n) is 8.99. The van der Waals surface area contributed by atoms with Gasteiger partial charge in [0, 0.05) is 5.56 Å². The summed E-state index contributed by atoms with van der Waals surface area (Å²) >= 11 is 0. The molecule has 0 saturated heterocycles. The van der Waals surface area contributed by atoms with Crippen LogP contribution in [0.3, 0.4) is 0 Å². The number of nitrogens with zero attached hydrogens (tertiary/aromatic N) is 4. The standard InChI is InChI=1S/C22H14F2N4O/c23-16-9-5-14(6-10-16)13-27-21(29)18-3-1-2-4-19(18)28-20(25-26-22(27)28)15-7-11-17(24)12-8-15/h1-12H,13H2. The summed E-state index contributed by atoms with van der Waals surface area (Å²) in [6, 6.07) is 19.1. The van der Waals surface area contributed by atoms with Gasteiger partial charge in [-0.25, -0.2) is 8.78 Å². The van der Waals surface area contributed by atoms with Crippen LogP contribution in [0.2, 0.25) is 0 Å². The predicted octanol–water partition coefficient (Wildman–Crippen LogP) is 4.04. The molecule has 5 rings (SSSR count). The Hall–Kier alpha value is -3.87. The molecule has 0 fully saturated rings. The number of aromatic nitrogens is 4. The van der Waals surface area contributed by atoms with Crippen molar-refractivity contribution in [3.63, 3.8) is 0 Å². The van der Waals surface area contributed by atoms with E-state index in [1.165, 1.54) is 28.8 Å². The highest BCUT2D eigenvalue weighted by atomic mass is 19.1. The quantitative estimate of drug-likeness (QED) is 0.469. The minimum absolute atomic E-state index is 0.213. The Morgan fingerprint density at radius 3 is 2.17 bits per heavy atom. The summed E-state index contributed by atoms with van der Waals surface area (Å²) in [7, 11) is 0. The Morgan fingerprint density at radius 2 is 1.45 bits per heavy atom. The highest BCUT2D eigenvalue weighted by Crippen LogP contribution is 2.23. The third kappa shape index (κ3) is 2.87. The topological polar surface area (TPSA) is 52.2 Å². The van der Waals surface area contributed by atoms with Crippen molar-refractivity contribution in [2.24, 2.45) is 0 Å². The fourth-order valence-corrected chi connectivity index (χ4v) is 3.46. The molecule has 3 aromatic carbocycles. The Balaban J connectivity index is 1.81. The fourth-order valence-electron chi connectivity index (χ4n) is 3.46. The van der Waals surface area contributed by atoms with Crippen LogP contribution in [0.1, 0.15) is 5.56 Å². The van der Waals surface area contributed by atoms with Crippen LogP contribution in [0.5, 0.6) is 0 Å². The summed E-state index contributed by atoms with van der Waals surface area (Å²) in [5.74, 6) is 0.174. The Bertz CT molecular complexity index is 1400. The first kappa shape index (κ1) is 17.2. The van der Waals surface area contributed by atoms with E-state index in [1.807, 2.05) is 12.1 Å². The van der Waals surface area contributed by atoms with Crippen molar-refractivity contribution in [1.29, 1.82) is 0 Å². The van der Waals surface area contributed by atoms with E-state index in [-0.39, 0.29) is 23.7 Å². The molecule has 5 aromatic rings. The summed E-state index contributed by atoms with van der Waals surface area (Å²) in [5.41, 5.74) is 1.88. The average Bonchev–Trinajstić information content (AvgIpc) is 3.18. The van der Waals surface area contributed by atoms with Gasteiger partial charge in [0.1, 0.15) is 11.6 Å². The summed E-state index contributed by atoms with van der Waals surface area (Å²) < 4.78 is 29.9. The second-order valence-corrected chi connectivity index (χ2v) is 6.70. The zero-order chi connectivity index (χ0) is 20.0. The molecular formula is C22H14F2N4O. The van der Waals surface area contributed by atoms with Gasteiger partial charge >= 0.3 is 0 Å². The normalized spacial score (nSPS) is 11.4. The first-order valence-corrected chi connectivity index (χ1v) is 8.99. The van der Waals surface area contributed by atoms with Crippen molar-refractivity contribution >= 4 is 16.7 Å². The maximum atomic E-state index is 13.4. The van der Waals surface area contributed by atoms with Gasteiger partial charge in [-0.3, -0.25) is 13.8 Å². The van der Waals surface area contributed by atoms with E-state index in [2.05, 4.69) is 10.2 Å². The fraction of sp³-hybridized carbons (Fsp3) is 0.0455. The lowest BCUT2D eigenvalue weighted by Crippen LogP contribution is -2.24. The molecule has 0 atom stereocenters. The van der Waals surface area contributed by atoms with E-state index in [1.54, 1.807) is 40.8 Å². The predicted molar refractivity (Wildman–Crippen MR) is 106 cm³/mol. The zero-order valence-corrected chi connectivity index (χ0v) is 15.1. The molecule has 0 bridgehead atoms. The SMILES string of the molecule is O=c1c2ccccc2n2c(-c3ccc(F)cc3)nnc2n1Cc1ccc(F)cc1. The summed E-state index contributed by atoms with van der Waals surface area (Å²) in [6.07, 6.45) is 0. The van der Waals surface area contributed by atoms with Gasteiger partial charge in [0.05, 0.1) is 17.4 Å². The molecule has 7 heteroatoms. The molecule has 0 aliphatic rings. The molecule has 142 valence electrons. The highest BCUT2D eigenvalue weighted by Gasteiger charge is 2.17. The monoisotopic (exact) mass is 388 g/mol. The van der Waals surface area contributed by atoms with Crippen LogP contribution < -0.4 is 5.56 Å². The minimum Gasteiger partial charge on any atom is -0.272 e. The van der Waals surface area contributed by atoms with Crippen molar-refractivity contribution in [3.05, 3.63) is 100 Å². The van der Waals surface area contributed by atoms with E-state index in [4.69, 9.17) is 0 Å². The minimum atomic E-state index is -0.347. The summed E-state index contributed by atoms with van der Waals surface area (Å²) in [6.45, 7) is 0.217. The van der Waals surface area contributed by atoms with E-state index in [0.29, 0.717) is 28.1 Å². The van der Waals surface area contributed by atoms with Gasteiger partial charge in [0.15, 0.2) is 5.82 Å². The Kier molecular flexibility index (Phi) is 3.94. The van der Waals surface area contributed by atoms with Crippen molar-refractivity contribution in [3.8, 4) is 11.4 Å². The van der Waals surface area contributed by atoms with Crippen molar-refractivity contribution in [2.75, 3.05) is 0 Å². The smallest absolute Gasteiger partial charge is 0.263 e. The molecule has 0 unspecified atom stereocenters. The van der Waals surface area contributed by atoms with Gasteiger partial charge in [-0.1, -0.05) is 24.3 Å². The Labute approximate surface area is 163 Å². The van der Waals surface area contributed by atoms with Gasteiger partial charge < -0.3 is 0 Å². The number of halogens is 2. The van der Waals surface area contributed by atoms with Gasteiger partial charge in [0.2, 0.25) is 5.78 Å². The number of benzene rings is 3. The number of fused-ring (bicyclic) bond motifs is 3. The number of rotatable bonds is 3. The average molecular weight is 388 g/mol. The van der Waals surface area contributed by atoms with Crippen LogP contribution in [-0.2, 0) is 6.54 Å². The van der Waals surface area contributed by atoms with Gasteiger partial charge in [0.25, 0.3) is 5.56 Å². The van der Waals surface area contributed by atoms with Crippen molar-refractivity contribution < 1.29 is 8.78 Å². The van der Waals surface area contributed by atoms with Gasteiger partial charge in [-0.2, -0.15) is 0 Å². The lowest BCUT2D eigenvalue weighted by atomic mass is 10.2. The second-order valence-electron chi connectivity index (χ2n) is 6.70. The molecule has 0 saturated carbocycles. The van der Waals surface area contributed by atoms with Crippen LogP contribution in [-0.4, -0.2) is 19.2 Å². The zero-order valence-electron chi connectivity index (χ0n) is 15.1. The molecule has 0 aliphatic heterocycles. The molecule has 0 radical (unpaired) electrons.